The van der Waals surface area contributed by atoms with Crippen LogP contribution in [0, 0.1) is 82.9 Å². The summed E-state index contributed by atoms with van der Waals surface area (Å²) in [7, 11) is 0. The van der Waals surface area contributed by atoms with Crippen LogP contribution in [0.4, 0.5) is 10.8 Å². The Labute approximate surface area is 475 Å². The predicted octanol–water partition coefficient (Wildman–Crippen LogP) is 8.06. The van der Waals surface area contributed by atoms with Gasteiger partial charge in [-0.3, -0.25) is 33.8 Å². The Morgan fingerprint density at radius 3 is 1.69 bits per heavy atom. The number of benzene rings is 1. The summed E-state index contributed by atoms with van der Waals surface area (Å²) in [5.41, 5.74) is -5.73. The van der Waals surface area contributed by atoms with Crippen molar-refractivity contribution in [1.29, 1.82) is 26.3 Å². The van der Waals surface area contributed by atoms with Gasteiger partial charge in [0.05, 0.1) is 89.5 Å². The molecule has 0 saturated heterocycles. The second kappa shape index (κ2) is 26.4. The van der Waals surface area contributed by atoms with E-state index in [1.807, 2.05) is 24.3 Å². The second-order valence-electron chi connectivity index (χ2n) is 16.4. The van der Waals surface area contributed by atoms with Gasteiger partial charge in [-0.1, -0.05) is 35.7 Å². The second-order valence-corrected chi connectivity index (χ2v) is 19.5. The molecule has 3 aliphatic rings. The molecule has 0 radical (unpaired) electrons. The largest absolute Gasteiger partial charge is 0.466 e. The van der Waals surface area contributed by atoms with Crippen molar-refractivity contribution in [2.75, 3.05) is 39.6 Å². The molecule has 6 unspecified atom stereocenters. The summed E-state index contributed by atoms with van der Waals surface area (Å²) >= 11 is 1.78. The van der Waals surface area contributed by atoms with Gasteiger partial charge in [0.25, 0.3) is 10.8 Å². The number of carbonyl (C=O) groups excluding carboxylic acids is 6. The lowest BCUT2D eigenvalue weighted by Crippen LogP contribution is -2.27. The van der Waals surface area contributed by atoms with Crippen molar-refractivity contribution >= 4 is 92.3 Å². The Morgan fingerprint density at radius 2 is 1.23 bits per heavy atom. The molecule has 0 bridgehead atoms. The molecule has 2 aromatic heterocycles. The molecule has 27 heteroatoms. The van der Waals surface area contributed by atoms with Gasteiger partial charge in [-0.05, 0) is 86.1 Å². The third-order valence-corrected chi connectivity index (χ3v) is 15.4. The molecule has 1 N–H and O–H groups in total. The first-order chi connectivity index (χ1) is 39.1. The molecule has 406 valence electrons. The molecular weight excluding hydrogens is 1100 g/mol. The van der Waals surface area contributed by atoms with E-state index in [0.29, 0.717) is 34.4 Å². The third kappa shape index (κ3) is 11.1. The highest BCUT2D eigenvalue weighted by atomic mass is 32.2. The van der Waals surface area contributed by atoms with Gasteiger partial charge in [0.2, 0.25) is 10.7 Å². The quantitative estimate of drug-likeness (QED) is 0.0544. The number of nitrogens with zero attached hydrogens (tertiary/aromatic N) is 11. The van der Waals surface area contributed by atoms with E-state index >= 15 is 24.0 Å². The SMILES string of the molecule is [C-]#[N+]/C(=C1/C(C(=O)OCC)c2cc(C(C(=O)OCC)/C(CC(=O)OCC)=C(/C#N)c3nc([N+]#[C-])c(C#N)s3)c3c(c2C1C(=O)OCC)C(C(=O)OCC)/C(=C(/[N+]#[C-])c1nc(C#N)c([N+]#[C-])s1)C3C(=O)OCC)C1NC(C#N)=C(C#N)S1. The number of hydrogen-bond acceptors (Lipinski definition) is 23. The Bertz CT molecular complexity index is 3660. The summed E-state index contributed by atoms with van der Waals surface area (Å²) in [6, 6.07) is 10.5. The monoisotopic (exact) mass is 1140 g/mol. The first-order valence-electron chi connectivity index (χ1n) is 24.2. The molecule has 0 saturated carbocycles. The van der Waals surface area contributed by atoms with E-state index in [2.05, 4.69) is 34.7 Å². The maximum Gasteiger partial charge on any atom is 0.317 e. The fourth-order valence-corrected chi connectivity index (χ4v) is 12.2. The Morgan fingerprint density at radius 1 is 0.654 bits per heavy atom. The Hall–Kier alpha value is -10.2. The smallest absolute Gasteiger partial charge is 0.317 e. The number of nitrogens with one attached hydrogen (secondary N) is 1. The topological polar surface area (TPSA) is 332 Å². The maximum atomic E-state index is 15.4. The minimum atomic E-state index is -2.17. The van der Waals surface area contributed by atoms with Crippen LogP contribution in [-0.4, -0.2) is 90.8 Å². The minimum Gasteiger partial charge on any atom is -0.466 e. The lowest BCUT2D eigenvalue weighted by Gasteiger charge is -2.27. The molecule has 81 heavy (non-hydrogen) atoms. The molecule has 0 amide bonds. The fourth-order valence-electron chi connectivity index (χ4n) is 9.61. The fraction of sp³-hybridized carbons (Fsp3) is 0.352. The molecule has 0 fully saturated rings. The van der Waals surface area contributed by atoms with Gasteiger partial charge >= 0.3 is 35.8 Å². The van der Waals surface area contributed by atoms with Crippen LogP contribution < -0.4 is 5.32 Å². The zero-order valence-corrected chi connectivity index (χ0v) is 46.0. The molecule has 3 aromatic rings. The van der Waals surface area contributed by atoms with E-state index in [0.717, 1.165) is 6.07 Å². The lowest BCUT2D eigenvalue weighted by atomic mass is 9.77. The van der Waals surface area contributed by atoms with Gasteiger partial charge in [-0.15, -0.1) is 16.3 Å². The molecule has 0 spiro atoms. The van der Waals surface area contributed by atoms with E-state index in [1.165, 1.54) is 41.5 Å². The number of aromatic nitrogens is 2. The van der Waals surface area contributed by atoms with Crippen molar-refractivity contribution < 1.29 is 57.2 Å². The summed E-state index contributed by atoms with van der Waals surface area (Å²) in [5, 5.41) is 51.8. The number of thioether (sulfide) groups is 1. The van der Waals surface area contributed by atoms with Crippen LogP contribution in [0.5, 0.6) is 0 Å². The summed E-state index contributed by atoms with van der Waals surface area (Å²) in [6.45, 7) is 39.5. The van der Waals surface area contributed by atoms with Crippen LogP contribution in [0.15, 0.2) is 39.1 Å². The average Bonchev–Trinajstić information content (AvgIpc) is 4.49. The van der Waals surface area contributed by atoms with Crippen molar-refractivity contribution in [2.24, 2.45) is 0 Å². The number of fused-ring (bicyclic) bond motifs is 3. The van der Waals surface area contributed by atoms with Gasteiger partial charge < -0.3 is 38.6 Å². The maximum absolute atomic E-state index is 15.4. The van der Waals surface area contributed by atoms with Crippen molar-refractivity contribution in [3.63, 3.8) is 0 Å². The number of carbonyl (C=O) groups is 6. The number of hydrogen-bond donors (Lipinski definition) is 1. The summed E-state index contributed by atoms with van der Waals surface area (Å²) in [5.74, 6) is -17.9. The molecule has 6 atom stereocenters. The van der Waals surface area contributed by atoms with Gasteiger partial charge in [0, 0.05) is 0 Å². The molecule has 24 nitrogen and oxygen atoms in total. The van der Waals surface area contributed by atoms with Gasteiger partial charge in [-0.25, -0.2) is 14.5 Å². The number of rotatable bonds is 18. The van der Waals surface area contributed by atoms with E-state index in [4.69, 9.17) is 54.7 Å². The van der Waals surface area contributed by atoms with Crippen molar-refractivity contribution in [3.8, 4) is 30.3 Å². The van der Waals surface area contributed by atoms with Crippen LogP contribution in [-0.2, 0) is 57.2 Å². The lowest BCUT2D eigenvalue weighted by molar-refractivity contribution is -0.146. The van der Waals surface area contributed by atoms with E-state index in [1.54, 1.807) is 6.07 Å². The highest BCUT2D eigenvalue weighted by Gasteiger charge is 2.58. The molecule has 1 aliphatic heterocycles. The van der Waals surface area contributed by atoms with Crippen LogP contribution >= 0.6 is 34.4 Å². The molecule has 6 rings (SSSR count). The summed E-state index contributed by atoms with van der Waals surface area (Å²) in [4.78, 5) is 113. The van der Waals surface area contributed by atoms with Gasteiger partial charge in [0.15, 0.2) is 11.4 Å². The standard InChI is InChI=1S/C54H40N12O12S3/c1-11-73-32(67)18-24(27(19-55)46-66-45(62-9)31(23-59)80-46)33(50(68)74-12-2)25-17-26-35(40(52(70)76-14-4)38(36(26)51(69)75-13-3)43(60-7)48-64-28(20-56)30(22-58)79-48)37-34(25)41(53(71)77-15-5)39(42(37)54(72)78-16-6)44(61-8)49-65-29(21-57)47(63-10)81-49/h17,33,36,40-42,48,64H,11-16,18H2,1-6H3/b27-24-,43-38-,44-39+. The minimum absolute atomic E-state index is 0.176. The number of nitriles is 5. The first kappa shape index (κ1) is 60.1. The van der Waals surface area contributed by atoms with Crippen LogP contribution in [0.25, 0.3) is 30.7 Å². The third-order valence-electron chi connectivity index (χ3n) is 12.3. The molecule has 3 heterocycles. The van der Waals surface area contributed by atoms with Crippen LogP contribution in [0.2, 0.25) is 0 Å². The summed E-state index contributed by atoms with van der Waals surface area (Å²) in [6.07, 6.45) is -0.975. The van der Waals surface area contributed by atoms with Crippen molar-refractivity contribution in [2.45, 2.75) is 82.9 Å². The van der Waals surface area contributed by atoms with Crippen LogP contribution in [0.1, 0.15) is 126 Å². The number of ether oxygens (including phenoxy) is 6. The highest BCUT2D eigenvalue weighted by Crippen LogP contribution is 2.62. The Balaban J connectivity index is 2.05. The average molecular weight is 1150 g/mol. The normalized spacial score (nSPS) is 19.1. The zero-order valence-electron chi connectivity index (χ0n) is 43.5. The first-order valence-corrected chi connectivity index (χ1v) is 26.7. The van der Waals surface area contributed by atoms with E-state index in [-0.39, 0.29) is 80.2 Å². The van der Waals surface area contributed by atoms with Gasteiger partial charge in [0.1, 0.15) is 67.7 Å². The van der Waals surface area contributed by atoms with Gasteiger partial charge in [-0.2, -0.15) is 26.3 Å². The predicted molar refractivity (Wildman–Crippen MR) is 283 cm³/mol. The van der Waals surface area contributed by atoms with E-state index < -0.39 is 140 Å². The highest BCUT2D eigenvalue weighted by molar-refractivity contribution is 8.04. The number of esters is 6. The van der Waals surface area contributed by atoms with Crippen molar-refractivity contribution in [1.82, 2.24) is 15.3 Å². The summed E-state index contributed by atoms with van der Waals surface area (Å²) < 4.78 is 34.0. The zero-order chi connectivity index (χ0) is 59.4. The van der Waals surface area contributed by atoms with Crippen molar-refractivity contribution in [3.05, 3.63) is 133 Å². The molecular formula is C54H40N12O12S3. The van der Waals surface area contributed by atoms with E-state index in [9.17, 15) is 31.1 Å². The number of thiazole rings is 2. The molecule has 1 aromatic carbocycles. The van der Waals surface area contributed by atoms with Crippen LogP contribution in [0.3, 0.4) is 0 Å². The Kier molecular flexibility index (Phi) is 19.6. The number of allylic oxidation sites excluding steroid dienone is 3. The molecule has 2 aliphatic carbocycles.